The Balaban J connectivity index is 0.975. The van der Waals surface area contributed by atoms with Crippen LogP contribution in [-0.4, -0.2) is 38.3 Å². The Labute approximate surface area is 193 Å². The Morgan fingerprint density at radius 2 is 1.84 bits per heavy atom. The van der Waals surface area contributed by atoms with E-state index in [1.54, 1.807) is 0 Å². The quantitative estimate of drug-likeness (QED) is 0.556. The average molecular weight is 441 g/mol. The van der Waals surface area contributed by atoms with Crippen molar-refractivity contribution in [3.63, 3.8) is 0 Å². The van der Waals surface area contributed by atoms with Gasteiger partial charge in [0.25, 0.3) is 0 Å². The maximum Gasteiger partial charge on any atom is 0.220 e. The molecule has 0 radical (unpaired) electrons. The normalized spacial score (nSPS) is 33.2. The van der Waals surface area contributed by atoms with Gasteiger partial charge in [0.2, 0.25) is 5.91 Å². The number of hydrogen-bond acceptors (Lipinski definition) is 4. The first-order chi connectivity index (χ1) is 15.5. The first-order valence-corrected chi connectivity index (χ1v) is 12.8. The zero-order valence-electron chi connectivity index (χ0n) is 19.8. The molecular formula is C27H40N2O3. The lowest BCUT2D eigenvalue weighted by molar-refractivity contribution is -0.129. The summed E-state index contributed by atoms with van der Waals surface area (Å²) < 4.78 is 12.1. The van der Waals surface area contributed by atoms with E-state index in [2.05, 4.69) is 30.5 Å². The zero-order chi connectivity index (χ0) is 22.1. The highest BCUT2D eigenvalue weighted by molar-refractivity contribution is 5.76. The lowest BCUT2D eigenvalue weighted by Gasteiger charge is -2.56. The Kier molecular flexibility index (Phi) is 6.37. The van der Waals surface area contributed by atoms with Crippen molar-refractivity contribution in [2.45, 2.75) is 71.3 Å². The van der Waals surface area contributed by atoms with Crippen LogP contribution in [0, 0.1) is 36.0 Å². The third-order valence-corrected chi connectivity index (χ3v) is 8.37. The van der Waals surface area contributed by atoms with Gasteiger partial charge in [-0.2, -0.15) is 0 Å². The summed E-state index contributed by atoms with van der Waals surface area (Å²) in [5.41, 5.74) is 1.46. The standard InChI is InChI=1S/C27H40N2O3/c1-18(8-23-17-31-24-5-3-4-19(2)26(24)32-23)16-28-6-7-29-25(30)15-27-12-20-9-21(13-27)11-22(10-20)14-27/h3-5,18,20-23,28H,6-17H2,1-2H3,(H,29,30). The van der Waals surface area contributed by atoms with Crippen LogP contribution in [0.2, 0.25) is 0 Å². The summed E-state index contributed by atoms with van der Waals surface area (Å²) in [5, 5.41) is 6.69. The van der Waals surface area contributed by atoms with Crippen molar-refractivity contribution in [1.29, 1.82) is 0 Å². The van der Waals surface area contributed by atoms with Crippen LogP contribution in [0.25, 0.3) is 0 Å². The first kappa shape index (κ1) is 22.1. The predicted molar refractivity (Wildman–Crippen MR) is 126 cm³/mol. The minimum absolute atomic E-state index is 0.0976. The summed E-state index contributed by atoms with van der Waals surface area (Å²) in [6.07, 6.45) is 10.0. The molecule has 2 atom stereocenters. The van der Waals surface area contributed by atoms with Crippen molar-refractivity contribution in [1.82, 2.24) is 10.6 Å². The third-order valence-electron chi connectivity index (χ3n) is 8.37. The van der Waals surface area contributed by atoms with Crippen LogP contribution in [0.4, 0.5) is 0 Å². The lowest BCUT2D eigenvalue weighted by Crippen LogP contribution is -2.48. The van der Waals surface area contributed by atoms with E-state index in [0.717, 1.165) is 60.7 Å². The van der Waals surface area contributed by atoms with Crippen LogP contribution in [0.5, 0.6) is 11.5 Å². The molecule has 0 spiro atoms. The van der Waals surface area contributed by atoms with Crippen LogP contribution in [0.1, 0.15) is 63.9 Å². The first-order valence-electron chi connectivity index (χ1n) is 12.8. The molecule has 1 aromatic carbocycles. The van der Waals surface area contributed by atoms with Gasteiger partial charge in [0.05, 0.1) is 0 Å². The monoisotopic (exact) mass is 440 g/mol. The topological polar surface area (TPSA) is 59.6 Å². The summed E-state index contributed by atoms with van der Waals surface area (Å²) in [6, 6.07) is 6.04. The van der Waals surface area contributed by atoms with Crippen LogP contribution in [-0.2, 0) is 4.79 Å². The highest BCUT2D eigenvalue weighted by Crippen LogP contribution is 2.61. The molecule has 4 bridgehead atoms. The fourth-order valence-corrected chi connectivity index (χ4v) is 7.47. The van der Waals surface area contributed by atoms with Crippen LogP contribution in [0.15, 0.2) is 18.2 Å². The number of benzene rings is 1. The Morgan fingerprint density at radius 3 is 2.56 bits per heavy atom. The molecule has 5 aliphatic rings. The van der Waals surface area contributed by atoms with Gasteiger partial charge in [0, 0.05) is 19.5 Å². The van der Waals surface area contributed by atoms with Crippen LogP contribution >= 0.6 is 0 Å². The zero-order valence-corrected chi connectivity index (χ0v) is 19.8. The Hall–Kier alpha value is -1.75. The number of rotatable bonds is 9. The summed E-state index contributed by atoms with van der Waals surface area (Å²) in [4.78, 5) is 12.6. The molecule has 2 N–H and O–H groups in total. The van der Waals surface area contributed by atoms with Gasteiger partial charge in [0.15, 0.2) is 11.5 Å². The molecule has 5 nitrogen and oxygen atoms in total. The largest absolute Gasteiger partial charge is 0.486 e. The van der Waals surface area contributed by atoms with Crippen LogP contribution in [0.3, 0.4) is 0 Å². The maximum absolute atomic E-state index is 12.6. The minimum Gasteiger partial charge on any atom is -0.486 e. The Bertz CT molecular complexity index is 788. The van der Waals surface area contributed by atoms with Gasteiger partial charge in [-0.05, 0) is 99.1 Å². The van der Waals surface area contributed by atoms with Gasteiger partial charge in [0.1, 0.15) is 12.7 Å². The summed E-state index contributed by atoms with van der Waals surface area (Å²) >= 11 is 0. The van der Waals surface area contributed by atoms with E-state index in [1.807, 2.05) is 12.1 Å². The van der Waals surface area contributed by atoms with E-state index in [4.69, 9.17) is 9.47 Å². The highest BCUT2D eigenvalue weighted by Gasteiger charge is 2.51. The number of carbonyl (C=O) groups is 1. The van der Waals surface area contributed by atoms with Crippen molar-refractivity contribution in [2.24, 2.45) is 29.1 Å². The van der Waals surface area contributed by atoms with E-state index in [9.17, 15) is 4.79 Å². The molecule has 1 heterocycles. The van der Waals surface area contributed by atoms with Gasteiger partial charge < -0.3 is 20.1 Å². The average Bonchev–Trinajstić information content (AvgIpc) is 2.73. The van der Waals surface area contributed by atoms with Gasteiger partial charge >= 0.3 is 0 Å². The smallest absolute Gasteiger partial charge is 0.220 e. The van der Waals surface area contributed by atoms with Gasteiger partial charge in [-0.3, -0.25) is 4.79 Å². The molecule has 1 aromatic rings. The third kappa shape index (κ3) is 4.93. The molecule has 0 saturated heterocycles. The maximum atomic E-state index is 12.6. The SMILES string of the molecule is Cc1cccc2c1OC(CC(C)CNCCNC(=O)CC13CC4CC(CC(C4)C1)C3)CO2. The Morgan fingerprint density at radius 1 is 1.12 bits per heavy atom. The van der Waals surface area contributed by atoms with E-state index < -0.39 is 0 Å². The number of fused-ring (bicyclic) bond motifs is 1. The molecule has 0 aromatic heterocycles. The molecule has 32 heavy (non-hydrogen) atoms. The number of aryl methyl sites for hydroxylation is 1. The predicted octanol–water partition coefficient (Wildman–Crippen LogP) is 4.47. The number of ether oxygens (including phenoxy) is 2. The van der Waals surface area contributed by atoms with Crippen molar-refractivity contribution >= 4 is 5.91 Å². The van der Waals surface area contributed by atoms with E-state index >= 15 is 0 Å². The molecular weight excluding hydrogens is 400 g/mol. The van der Waals surface area contributed by atoms with E-state index in [0.29, 0.717) is 24.5 Å². The minimum atomic E-state index is 0.0976. The van der Waals surface area contributed by atoms with Crippen molar-refractivity contribution in [3.8, 4) is 11.5 Å². The fraction of sp³-hybridized carbons (Fsp3) is 0.741. The van der Waals surface area contributed by atoms with Gasteiger partial charge in [-0.25, -0.2) is 0 Å². The molecule has 176 valence electrons. The summed E-state index contributed by atoms with van der Waals surface area (Å²) in [7, 11) is 0. The summed E-state index contributed by atoms with van der Waals surface area (Å²) in [5.74, 6) is 5.23. The molecule has 6 rings (SSSR count). The fourth-order valence-electron chi connectivity index (χ4n) is 7.47. The van der Waals surface area contributed by atoms with Gasteiger partial charge in [-0.15, -0.1) is 0 Å². The number of hydrogen-bond donors (Lipinski definition) is 2. The lowest BCUT2D eigenvalue weighted by atomic mass is 9.49. The summed E-state index contributed by atoms with van der Waals surface area (Å²) in [6.45, 7) is 7.38. The number of carbonyl (C=O) groups excluding carboxylic acids is 1. The molecule has 1 aliphatic heterocycles. The second kappa shape index (κ2) is 9.24. The molecule has 4 aliphatic carbocycles. The molecule has 4 fully saturated rings. The number of amides is 1. The van der Waals surface area contributed by atoms with Crippen LogP contribution < -0.4 is 20.1 Å². The highest BCUT2D eigenvalue weighted by atomic mass is 16.6. The number of nitrogens with one attached hydrogen (secondary N) is 2. The molecule has 2 unspecified atom stereocenters. The molecule has 4 saturated carbocycles. The van der Waals surface area contributed by atoms with Crippen molar-refractivity contribution in [3.05, 3.63) is 23.8 Å². The second-order valence-corrected chi connectivity index (χ2v) is 11.4. The molecule has 5 heteroatoms. The van der Waals surface area contributed by atoms with E-state index in [1.165, 1.54) is 38.5 Å². The molecule has 1 amide bonds. The van der Waals surface area contributed by atoms with Crippen molar-refractivity contribution < 1.29 is 14.3 Å². The van der Waals surface area contributed by atoms with E-state index in [-0.39, 0.29) is 12.0 Å². The van der Waals surface area contributed by atoms with Crippen molar-refractivity contribution in [2.75, 3.05) is 26.2 Å². The number of para-hydroxylation sites is 1. The second-order valence-electron chi connectivity index (χ2n) is 11.4. The van der Waals surface area contributed by atoms with Gasteiger partial charge in [-0.1, -0.05) is 19.1 Å².